The Morgan fingerprint density at radius 2 is 1.66 bits per heavy atom. The van der Waals surface area contributed by atoms with Gasteiger partial charge >= 0.3 is 0 Å². The number of hydrogen-bond donors (Lipinski definition) is 0. The van der Waals surface area contributed by atoms with Crippen molar-refractivity contribution < 1.29 is 4.39 Å². The average Bonchev–Trinajstić information content (AvgIpc) is 3.18. The number of halogens is 1. The summed E-state index contributed by atoms with van der Waals surface area (Å²) in [6.07, 6.45) is 5.24. The monoisotopic (exact) mass is 394 g/mol. The first-order valence-corrected chi connectivity index (χ1v) is 10.8. The molecule has 0 bridgehead atoms. The van der Waals surface area contributed by atoms with Crippen molar-refractivity contribution in [2.45, 2.75) is 70.5 Å². The van der Waals surface area contributed by atoms with Crippen LogP contribution in [0.3, 0.4) is 0 Å². The van der Waals surface area contributed by atoms with Gasteiger partial charge in [-0.2, -0.15) is 5.26 Å². The lowest BCUT2D eigenvalue weighted by Gasteiger charge is -2.25. The van der Waals surface area contributed by atoms with Crippen LogP contribution in [-0.4, -0.2) is 30.7 Å². The lowest BCUT2D eigenvalue weighted by atomic mass is 9.95. The molecule has 156 valence electrons. The number of alkyl halides is 1. The number of benzene rings is 2. The molecule has 2 aromatic carbocycles. The summed E-state index contributed by atoms with van der Waals surface area (Å²) < 4.78 is 13.4. The van der Waals surface area contributed by atoms with Gasteiger partial charge in [0.2, 0.25) is 0 Å². The molecule has 3 heteroatoms. The fourth-order valence-electron chi connectivity index (χ4n) is 3.95. The molecule has 1 aliphatic carbocycles. The van der Waals surface area contributed by atoms with Crippen LogP contribution in [0.25, 0.3) is 0 Å². The fraction of sp³-hybridized carbons (Fsp3) is 0.500. The third-order valence-corrected chi connectivity index (χ3v) is 6.02. The van der Waals surface area contributed by atoms with Crippen molar-refractivity contribution in [3.63, 3.8) is 0 Å². The quantitative estimate of drug-likeness (QED) is 0.524. The van der Waals surface area contributed by atoms with Crippen molar-refractivity contribution in [2.24, 2.45) is 0 Å². The van der Waals surface area contributed by atoms with Crippen LogP contribution < -0.4 is 0 Å². The van der Waals surface area contributed by atoms with Crippen LogP contribution in [0.2, 0.25) is 0 Å². The number of likely N-dealkylation sites (N-methyl/N-ethyl adjacent to an activating group) is 1. The molecule has 0 heterocycles. The molecule has 2 aromatic rings. The van der Waals surface area contributed by atoms with Crippen molar-refractivity contribution in [3.05, 3.63) is 71.3 Å². The van der Waals surface area contributed by atoms with Crippen molar-refractivity contribution in [3.8, 4) is 6.07 Å². The van der Waals surface area contributed by atoms with E-state index in [1.165, 1.54) is 30.0 Å². The van der Waals surface area contributed by atoms with Crippen molar-refractivity contribution in [1.29, 1.82) is 5.26 Å². The van der Waals surface area contributed by atoms with Crippen LogP contribution in [0.4, 0.5) is 4.39 Å². The Balaban J connectivity index is 0.000000941. The molecule has 3 rings (SSSR count). The van der Waals surface area contributed by atoms with E-state index < -0.39 is 6.17 Å². The van der Waals surface area contributed by atoms with Gasteiger partial charge in [-0.1, -0.05) is 54.6 Å². The highest BCUT2D eigenvalue weighted by Gasteiger charge is 2.25. The van der Waals surface area contributed by atoms with Crippen LogP contribution in [-0.2, 0) is 12.8 Å². The van der Waals surface area contributed by atoms with Gasteiger partial charge < -0.3 is 4.90 Å². The smallest absolute Gasteiger partial charge is 0.101 e. The Labute approximate surface area is 176 Å². The van der Waals surface area contributed by atoms with Crippen LogP contribution in [0.5, 0.6) is 0 Å². The summed E-state index contributed by atoms with van der Waals surface area (Å²) in [6, 6.07) is 22.0. The third kappa shape index (κ3) is 7.99. The predicted molar refractivity (Wildman–Crippen MR) is 120 cm³/mol. The molecular weight excluding hydrogens is 359 g/mol. The third-order valence-electron chi connectivity index (χ3n) is 6.02. The molecule has 2 nitrogen and oxygen atoms in total. The lowest BCUT2D eigenvalue weighted by molar-refractivity contribution is 0.249. The molecule has 0 radical (unpaired) electrons. The van der Waals surface area contributed by atoms with E-state index in [0.717, 1.165) is 32.2 Å². The summed E-state index contributed by atoms with van der Waals surface area (Å²) in [5.74, 6) is 0.432. The Kier molecular flexibility index (Phi) is 9.88. The zero-order valence-electron chi connectivity index (χ0n) is 18.2. The largest absolute Gasteiger partial charge is 0.303 e. The summed E-state index contributed by atoms with van der Waals surface area (Å²) in [7, 11) is 2.23. The average molecular weight is 395 g/mol. The van der Waals surface area contributed by atoms with Gasteiger partial charge in [0, 0.05) is 19.5 Å². The summed E-state index contributed by atoms with van der Waals surface area (Å²) in [5.41, 5.74) is 4.12. The lowest BCUT2D eigenvalue weighted by Crippen LogP contribution is -2.31. The second-order valence-electron chi connectivity index (χ2n) is 8.18. The zero-order valence-corrected chi connectivity index (χ0v) is 18.2. The summed E-state index contributed by atoms with van der Waals surface area (Å²) >= 11 is 0. The van der Waals surface area contributed by atoms with Gasteiger partial charge in [-0.15, -0.1) is 0 Å². The Morgan fingerprint density at radius 1 is 1.03 bits per heavy atom. The minimum absolute atomic E-state index is 0.432. The minimum Gasteiger partial charge on any atom is -0.303 e. The molecule has 3 unspecified atom stereocenters. The second kappa shape index (κ2) is 12.4. The van der Waals surface area contributed by atoms with Crippen LogP contribution in [0, 0.1) is 11.3 Å². The highest BCUT2D eigenvalue weighted by Crippen LogP contribution is 2.36. The molecule has 3 atom stereocenters. The molecule has 1 fully saturated rings. The molecule has 0 saturated heterocycles. The number of aryl methyl sites for hydroxylation is 1. The molecule has 0 aromatic heterocycles. The molecule has 0 amide bonds. The molecule has 1 aliphatic rings. The summed E-state index contributed by atoms with van der Waals surface area (Å²) in [6.45, 7) is 4.84. The van der Waals surface area contributed by atoms with Gasteiger partial charge in [0.25, 0.3) is 0 Å². The van der Waals surface area contributed by atoms with Gasteiger partial charge in [-0.05, 0) is 75.1 Å². The first-order valence-electron chi connectivity index (χ1n) is 10.8. The van der Waals surface area contributed by atoms with Crippen LogP contribution in [0.15, 0.2) is 54.6 Å². The Hall–Kier alpha value is -2.18. The van der Waals surface area contributed by atoms with E-state index in [9.17, 15) is 4.39 Å². The van der Waals surface area contributed by atoms with E-state index >= 15 is 0 Å². The maximum absolute atomic E-state index is 13.4. The SMILES string of the molecule is CC#N.CC(CCc1ccc(C2CCC(F)C2)cc1)N(C)CCc1ccccc1. The number of hydrogen-bond acceptors (Lipinski definition) is 2. The maximum atomic E-state index is 13.4. The number of nitrogens with zero attached hydrogens (tertiary/aromatic N) is 2. The number of nitriles is 1. The van der Waals surface area contributed by atoms with Gasteiger partial charge in [0.15, 0.2) is 0 Å². The normalized spacial score (nSPS) is 19.3. The van der Waals surface area contributed by atoms with Crippen molar-refractivity contribution in [2.75, 3.05) is 13.6 Å². The van der Waals surface area contributed by atoms with Crippen molar-refractivity contribution in [1.82, 2.24) is 4.90 Å². The standard InChI is InChI=1S/C24H32FN.C2H3N/c1-19(26(2)17-16-20-6-4-3-5-7-20)8-9-21-10-12-22(13-11-21)23-14-15-24(25)18-23;1-2-3/h3-7,10-13,19,23-24H,8-9,14-18H2,1-2H3;1H3. The van der Waals surface area contributed by atoms with E-state index in [1.54, 1.807) is 6.07 Å². The van der Waals surface area contributed by atoms with E-state index in [2.05, 4.69) is 73.5 Å². The molecule has 0 N–H and O–H groups in total. The highest BCUT2D eigenvalue weighted by atomic mass is 19.1. The molecule has 0 aliphatic heterocycles. The molecule has 1 saturated carbocycles. The topological polar surface area (TPSA) is 27.0 Å². The Morgan fingerprint density at radius 3 is 2.24 bits per heavy atom. The first kappa shape index (κ1) is 23.1. The van der Waals surface area contributed by atoms with E-state index in [1.807, 2.05) is 0 Å². The number of rotatable bonds is 8. The van der Waals surface area contributed by atoms with E-state index in [4.69, 9.17) is 5.26 Å². The predicted octanol–water partition coefficient (Wildman–Crippen LogP) is 6.32. The van der Waals surface area contributed by atoms with Crippen molar-refractivity contribution >= 4 is 0 Å². The van der Waals surface area contributed by atoms with E-state index in [0.29, 0.717) is 18.4 Å². The highest BCUT2D eigenvalue weighted by molar-refractivity contribution is 5.26. The van der Waals surface area contributed by atoms with Gasteiger partial charge in [0.05, 0.1) is 6.07 Å². The zero-order chi connectivity index (χ0) is 21.1. The van der Waals surface area contributed by atoms with Gasteiger partial charge in [-0.3, -0.25) is 0 Å². The maximum Gasteiger partial charge on any atom is 0.101 e. The summed E-state index contributed by atoms with van der Waals surface area (Å²) in [4.78, 5) is 2.46. The van der Waals surface area contributed by atoms with Gasteiger partial charge in [0.1, 0.15) is 6.17 Å². The van der Waals surface area contributed by atoms with E-state index in [-0.39, 0.29) is 0 Å². The summed E-state index contributed by atoms with van der Waals surface area (Å²) in [5, 5.41) is 7.32. The first-order chi connectivity index (χ1) is 14.0. The van der Waals surface area contributed by atoms with Gasteiger partial charge in [-0.25, -0.2) is 4.39 Å². The minimum atomic E-state index is -0.591. The Bertz CT molecular complexity index is 736. The molecule has 29 heavy (non-hydrogen) atoms. The molecule has 0 spiro atoms. The fourth-order valence-corrected chi connectivity index (χ4v) is 3.95. The molecular formula is C26H35FN2. The second-order valence-corrected chi connectivity index (χ2v) is 8.18. The van der Waals surface area contributed by atoms with Crippen LogP contribution >= 0.6 is 0 Å². The van der Waals surface area contributed by atoms with Crippen LogP contribution in [0.1, 0.15) is 62.1 Å².